The maximum absolute atomic E-state index is 12.5. The van der Waals surface area contributed by atoms with E-state index in [-0.39, 0.29) is 16.7 Å². The Hall–Kier alpha value is -1.76. The van der Waals surface area contributed by atoms with Gasteiger partial charge in [0, 0.05) is 12.0 Å². The lowest BCUT2D eigenvalue weighted by molar-refractivity contribution is -0.124. The maximum atomic E-state index is 12.5. The predicted molar refractivity (Wildman–Crippen MR) is 81.7 cm³/mol. The van der Waals surface area contributed by atoms with E-state index in [9.17, 15) is 13.2 Å². The van der Waals surface area contributed by atoms with Crippen LogP contribution in [0.3, 0.4) is 0 Å². The lowest BCUT2D eigenvalue weighted by atomic mass is 9.88. The number of carbonyl (C=O) groups is 1. The van der Waals surface area contributed by atoms with Crippen molar-refractivity contribution in [2.75, 3.05) is 13.2 Å². The summed E-state index contributed by atoms with van der Waals surface area (Å²) in [5, 5.41) is 0. The summed E-state index contributed by atoms with van der Waals surface area (Å²) < 4.78 is 38.0. The van der Waals surface area contributed by atoms with E-state index < -0.39 is 10.0 Å². The highest BCUT2D eigenvalue weighted by atomic mass is 32.2. The molecule has 0 aromatic heterocycles. The molecule has 7 heteroatoms. The van der Waals surface area contributed by atoms with Crippen LogP contribution in [0.4, 0.5) is 0 Å². The van der Waals surface area contributed by atoms with Crippen molar-refractivity contribution < 1.29 is 22.7 Å². The Balaban J connectivity index is 1.52. The van der Waals surface area contributed by atoms with Crippen LogP contribution >= 0.6 is 0 Å². The van der Waals surface area contributed by atoms with Crippen molar-refractivity contribution in [1.29, 1.82) is 0 Å². The van der Waals surface area contributed by atoms with E-state index in [2.05, 4.69) is 4.72 Å². The molecule has 124 valence electrons. The Bertz CT molecular complexity index is 745. The van der Waals surface area contributed by atoms with Gasteiger partial charge in [-0.1, -0.05) is 6.42 Å². The van der Waals surface area contributed by atoms with Gasteiger partial charge in [-0.05, 0) is 43.2 Å². The lowest BCUT2D eigenvalue weighted by Crippen LogP contribution is -2.37. The highest BCUT2D eigenvalue weighted by Gasteiger charge is 2.44. The summed E-state index contributed by atoms with van der Waals surface area (Å²) in [5.74, 6) is 1.32. The molecule has 1 aliphatic heterocycles. The zero-order chi connectivity index (χ0) is 16.0. The van der Waals surface area contributed by atoms with Crippen molar-refractivity contribution in [3.05, 3.63) is 18.2 Å². The molecule has 2 aliphatic carbocycles. The number of amides is 1. The van der Waals surface area contributed by atoms with E-state index in [4.69, 9.17) is 9.47 Å². The third-order valence-corrected chi connectivity index (χ3v) is 6.48. The first kappa shape index (κ1) is 14.8. The second-order valence-corrected chi connectivity index (χ2v) is 8.24. The first-order valence-electron chi connectivity index (χ1n) is 7.99. The van der Waals surface area contributed by atoms with Gasteiger partial charge in [0.2, 0.25) is 5.91 Å². The molecule has 0 radical (unpaired) electrons. The Morgan fingerprint density at radius 1 is 1.09 bits per heavy atom. The van der Waals surface area contributed by atoms with Crippen LogP contribution in [0.5, 0.6) is 11.5 Å². The number of ether oxygens (including phenoxy) is 2. The average Bonchev–Trinajstić information content (AvgIpc) is 3.17. The minimum absolute atomic E-state index is 0.0262. The van der Waals surface area contributed by atoms with Crippen molar-refractivity contribution in [2.24, 2.45) is 17.8 Å². The smallest absolute Gasteiger partial charge is 0.264 e. The number of rotatable bonds is 3. The molecule has 1 amide bonds. The highest BCUT2D eigenvalue weighted by molar-refractivity contribution is 7.90. The highest BCUT2D eigenvalue weighted by Crippen LogP contribution is 2.48. The van der Waals surface area contributed by atoms with Crippen LogP contribution in [-0.4, -0.2) is 27.5 Å². The minimum Gasteiger partial charge on any atom is -0.486 e. The van der Waals surface area contributed by atoms with Crippen LogP contribution in [0.1, 0.15) is 25.7 Å². The van der Waals surface area contributed by atoms with Crippen LogP contribution in [0.2, 0.25) is 0 Å². The van der Waals surface area contributed by atoms with Gasteiger partial charge in [-0.15, -0.1) is 0 Å². The van der Waals surface area contributed by atoms with Gasteiger partial charge >= 0.3 is 0 Å². The molecule has 1 heterocycles. The molecule has 2 saturated carbocycles. The molecule has 0 saturated heterocycles. The summed E-state index contributed by atoms with van der Waals surface area (Å²) in [5.41, 5.74) is 0. The first-order chi connectivity index (χ1) is 11.0. The third kappa shape index (κ3) is 2.67. The molecule has 2 fully saturated rings. The van der Waals surface area contributed by atoms with Gasteiger partial charge in [0.1, 0.15) is 13.2 Å². The summed E-state index contributed by atoms with van der Waals surface area (Å²) in [7, 11) is -3.88. The maximum Gasteiger partial charge on any atom is 0.264 e. The summed E-state index contributed by atoms with van der Waals surface area (Å²) >= 11 is 0. The second kappa shape index (κ2) is 5.40. The number of sulfonamides is 1. The van der Waals surface area contributed by atoms with Crippen molar-refractivity contribution >= 4 is 15.9 Å². The molecule has 0 unspecified atom stereocenters. The molecule has 23 heavy (non-hydrogen) atoms. The lowest BCUT2D eigenvalue weighted by Gasteiger charge is -2.21. The van der Waals surface area contributed by atoms with E-state index >= 15 is 0 Å². The normalized spacial score (nSPS) is 28.6. The molecule has 1 aromatic rings. The van der Waals surface area contributed by atoms with Gasteiger partial charge in [0.05, 0.1) is 4.90 Å². The molecule has 2 bridgehead atoms. The fourth-order valence-electron chi connectivity index (χ4n) is 4.02. The number of nitrogens with one attached hydrogen (secondary N) is 1. The molecule has 6 nitrogen and oxygen atoms in total. The number of hydrogen-bond donors (Lipinski definition) is 1. The number of hydrogen-bond acceptors (Lipinski definition) is 5. The Morgan fingerprint density at radius 3 is 2.57 bits per heavy atom. The van der Waals surface area contributed by atoms with Gasteiger partial charge < -0.3 is 9.47 Å². The van der Waals surface area contributed by atoms with E-state index in [0.717, 1.165) is 19.3 Å². The molecule has 1 aromatic carbocycles. The SMILES string of the molecule is O=C(NS(=O)(=O)c1ccc2c(c1)OCCO2)[C@H]1C[C@H]2CC[C@H]1C2. The van der Waals surface area contributed by atoms with Crippen LogP contribution in [0, 0.1) is 17.8 Å². The average molecular weight is 337 g/mol. The molecule has 3 aliphatic rings. The quantitative estimate of drug-likeness (QED) is 0.908. The summed E-state index contributed by atoms with van der Waals surface area (Å²) in [4.78, 5) is 12.4. The molecule has 3 atom stereocenters. The molecule has 4 rings (SSSR count). The predicted octanol–water partition coefficient (Wildman–Crippen LogP) is 1.70. The van der Waals surface area contributed by atoms with E-state index in [0.29, 0.717) is 36.5 Å². The zero-order valence-corrected chi connectivity index (χ0v) is 13.5. The van der Waals surface area contributed by atoms with Crippen molar-refractivity contribution in [3.63, 3.8) is 0 Å². The van der Waals surface area contributed by atoms with Crippen LogP contribution < -0.4 is 14.2 Å². The van der Waals surface area contributed by atoms with Crippen molar-refractivity contribution in [1.82, 2.24) is 4.72 Å². The topological polar surface area (TPSA) is 81.7 Å². The number of benzene rings is 1. The van der Waals surface area contributed by atoms with Crippen molar-refractivity contribution in [2.45, 2.75) is 30.6 Å². The third-order valence-electron chi connectivity index (χ3n) is 5.13. The molecular weight excluding hydrogens is 318 g/mol. The van der Waals surface area contributed by atoms with E-state index in [1.165, 1.54) is 18.6 Å². The Kier molecular flexibility index (Phi) is 3.48. The minimum atomic E-state index is -3.88. The molecular formula is C16H19NO5S. The van der Waals surface area contributed by atoms with E-state index in [1.54, 1.807) is 6.07 Å². The van der Waals surface area contributed by atoms with Gasteiger partial charge in [0.15, 0.2) is 11.5 Å². The monoisotopic (exact) mass is 337 g/mol. The van der Waals surface area contributed by atoms with Gasteiger partial charge in [-0.25, -0.2) is 13.1 Å². The van der Waals surface area contributed by atoms with Crippen LogP contribution in [0.15, 0.2) is 23.1 Å². The van der Waals surface area contributed by atoms with Gasteiger partial charge in [0.25, 0.3) is 10.0 Å². The largest absolute Gasteiger partial charge is 0.486 e. The van der Waals surface area contributed by atoms with Crippen LogP contribution in [-0.2, 0) is 14.8 Å². The fourth-order valence-corrected chi connectivity index (χ4v) is 5.07. The second-order valence-electron chi connectivity index (χ2n) is 6.56. The van der Waals surface area contributed by atoms with Gasteiger partial charge in [-0.2, -0.15) is 0 Å². The molecule has 0 spiro atoms. The van der Waals surface area contributed by atoms with Crippen molar-refractivity contribution in [3.8, 4) is 11.5 Å². The molecule has 1 N–H and O–H groups in total. The Labute approximate surface area is 135 Å². The number of fused-ring (bicyclic) bond motifs is 3. The fraction of sp³-hybridized carbons (Fsp3) is 0.562. The number of carbonyl (C=O) groups excluding carboxylic acids is 1. The summed E-state index contributed by atoms with van der Waals surface area (Å²) in [6.07, 6.45) is 4.07. The van der Waals surface area contributed by atoms with E-state index in [1.807, 2.05) is 0 Å². The van der Waals surface area contributed by atoms with Gasteiger partial charge in [-0.3, -0.25) is 4.79 Å². The first-order valence-corrected chi connectivity index (χ1v) is 9.47. The summed E-state index contributed by atoms with van der Waals surface area (Å²) in [6.45, 7) is 0.827. The summed E-state index contributed by atoms with van der Waals surface area (Å²) in [6, 6.07) is 4.40. The van der Waals surface area contributed by atoms with Crippen LogP contribution in [0.25, 0.3) is 0 Å². The standard InChI is InChI=1S/C16H19NO5S/c18-16(13-8-10-1-2-11(13)7-10)17-23(19,20)12-3-4-14-15(9-12)22-6-5-21-14/h3-4,9-11,13H,1-2,5-8H2,(H,17,18)/t10-,11-,13-/m0/s1. The zero-order valence-electron chi connectivity index (χ0n) is 12.7. The Morgan fingerprint density at radius 2 is 1.87 bits per heavy atom.